The van der Waals surface area contributed by atoms with Crippen LogP contribution in [0.4, 0.5) is 4.39 Å². The summed E-state index contributed by atoms with van der Waals surface area (Å²) >= 11 is 11.7. The van der Waals surface area contributed by atoms with E-state index in [0.29, 0.717) is 20.7 Å². The highest BCUT2D eigenvalue weighted by atomic mass is 35.5. The maximum absolute atomic E-state index is 12.7. The zero-order chi connectivity index (χ0) is 13.1. The molecule has 0 N–H and O–H groups in total. The molecule has 1 unspecified atom stereocenters. The normalized spacial score (nSPS) is 12.4. The van der Waals surface area contributed by atoms with Gasteiger partial charge >= 0.3 is 0 Å². The van der Waals surface area contributed by atoms with Crippen LogP contribution in [0.1, 0.15) is 5.56 Å². The van der Waals surface area contributed by atoms with Gasteiger partial charge in [0.05, 0.1) is 26.6 Å². The van der Waals surface area contributed by atoms with Gasteiger partial charge in [0.2, 0.25) is 0 Å². The lowest BCUT2D eigenvalue weighted by molar-refractivity contribution is 0.626. The average molecular weight is 303 g/mol. The highest BCUT2D eigenvalue weighted by Gasteiger charge is 2.07. The smallest absolute Gasteiger partial charge is 0.123 e. The topological polar surface area (TPSA) is 17.1 Å². The summed E-state index contributed by atoms with van der Waals surface area (Å²) in [7, 11) is -1.23. The van der Waals surface area contributed by atoms with E-state index < -0.39 is 10.8 Å². The van der Waals surface area contributed by atoms with Crippen LogP contribution >= 0.6 is 23.2 Å². The van der Waals surface area contributed by atoms with Crippen molar-refractivity contribution in [1.29, 1.82) is 0 Å². The molecular formula is C13H9Cl2FOS. The van der Waals surface area contributed by atoms with Crippen LogP contribution in [-0.2, 0) is 16.6 Å². The molecule has 18 heavy (non-hydrogen) atoms. The number of hydrogen-bond donors (Lipinski definition) is 0. The van der Waals surface area contributed by atoms with E-state index in [1.54, 1.807) is 18.2 Å². The fraction of sp³-hybridized carbons (Fsp3) is 0.0769. The maximum atomic E-state index is 12.7. The molecule has 0 saturated heterocycles. The first-order chi connectivity index (χ1) is 8.56. The lowest BCUT2D eigenvalue weighted by atomic mass is 10.2. The van der Waals surface area contributed by atoms with Crippen LogP contribution in [-0.4, -0.2) is 4.21 Å². The molecule has 2 rings (SSSR count). The van der Waals surface area contributed by atoms with Crippen LogP contribution in [0.5, 0.6) is 0 Å². The molecule has 2 aromatic rings. The van der Waals surface area contributed by atoms with Gasteiger partial charge in [-0.3, -0.25) is 4.21 Å². The van der Waals surface area contributed by atoms with E-state index in [2.05, 4.69) is 0 Å². The van der Waals surface area contributed by atoms with E-state index in [-0.39, 0.29) is 5.82 Å². The van der Waals surface area contributed by atoms with Gasteiger partial charge in [-0.05, 0) is 42.0 Å². The zero-order valence-corrected chi connectivity index (χ0v) is 11.5. The minimum atomic E-state index is -1.23. The number of hydrogen-bond acceptors (Lipinski definition) is 1. The highest BCUT2D eigenvalue weighted by Crippen LogP contribution is 2.24. The monoisotopic (exact) mass is 302 g/mol. The second kappa shape index (κ2) is 5.83. The van der Waals surface area contributed by atoms with Gasteiger partial charge in [-0.1, -0.05) is 29.3 Å². The molecule has 0 bridgehead atoms. The van der Waals surface area contributed by atoms with Crippen molar-refractivity contribution in [3.63, 3.8) is 0 Å². The van der Waals surface area contributed by atoms with Gasteiger partial charge in [-0.15, -0.1) is 0 Å². The van der Waals surface area contributed by atoms with E-state index in [1.165, 1.54) is 24.3 Å². The molecule has 0 heterocycles. The molecule has 5 heteroatoms. The van der Waals surface area contributed by atoms with Crippen LogP contribution in [0.15, 0.2) is 47.4 Å². The summed E-state index contributed by atoms with van der Waals surface area (Å²) in [5.74, 6) is -0.0204. The van der Waals surface area contributed by atoms with Crippen molar-refractivity contribution in [2.24, 2.45) is 0 Å². The van der Waals surface area contributed by atoms with Crippen molar-refractivity contribution >= 4 is 34.0 Å². The minimum absolute atomic E-state index is 0.322. The zero-order valence-electron chi connectivity index (χ0n) is 9.20. The van der Waals surface area contributed by atoms with E-state index in [4.69, 9.17) is 23.2 Å². The SMILES string of the molecule is O=S(Cc1ccc(Cl)c(Cl)c1)c1ccc(F)cc1. The molecule has 0 amide bonds. The number of halogens is 3. The Kier molecular flexibility index (Phi) is 4.38. The van der Waals surface area contributed by atoms with Gasteiger partial charge in [-0.25, -0.2) is 4.39 Å². The summed E-state index contributed by atoms with van der Waals surface area (Å²) in [5, 5.41) is 0.901. The van der Waals surface area contributed by atoms with Crippen molar-refractivity contribution in [1.82, 2.24) is 0 Å². The first-order valence-electron chi connectivity index (χ1n) is 5.14. The lowest BCUT2D eigenvalue weighted by Crippen LogP contribution is -1.96. The third-order valence-corrected chi connectivity index (χ3v) is 4.49. The Labute approximate surface area is 117 Å². The molecule has 0 aliphatic carbocycles. The predicted octanol–water partition coefficient (Wildman–Crippen LogP) is 4.44. The standard InChI is InChI=1S/C13H9Cl2FOS/c14-12-6-1-9(7-13(12)15)8-18(17)11-4-2-10(16)3-5-11/h1-7H,8H2. The van der Waals surface area contributed by atoms with E-state index in [0.717, 1.165) is 5.56 Å². The average Bonchev–Trinajstić information content (AvgIpc) is 2.34. The van der Waals surface area contributed by atoms with Gasteiger partial charge in [0.25, 0.3) is 0 Å². The Hall–Kier alpha value is -0.900. The van der Waals surface area contributed by atoms with Crippen LogP contribution in [0.2, 0.25) is 10.0 Å². The van der Waals surface area contributed by atoms with Crippen molar-refractivity contribution in [3.05, 3.63) is 63.9 Å². The summed E-state index contributed by atoms with van der Waals surface area (Å²) in [5.41, 5.74) is 0.826. The van der Waals surface area contributed by atoms with E-state index >= 15 is 0 Å². The van der Waals surface area contributed by atoms with Gasteiger partial charge < -0.3 is 0 Å². The molecule has 0 aliphatic rings. The summed E-state index contributed by atoms with van der Waals surface area (Å²) < 4.78 is 24.8. The van der Waals surface area contributed by atoms with Crippen LogP contribution in [0, 0.1) is 5.82 Å². The Bertz CT molecular complexity index is 584. The molecule has 0 radical (unpaired) electrons. The molecule has 94 valence electrons. The quantitative estimate of drug-likeness (QED) is 0.819. The first-order valence-corrected chi connectivity index (χ1v) is 7.21. The Morgan fingerprint density at radius 3 is 2.28 bits per heavy atom. The molecule has 1 nitrogen and oxygen atoms in total. The summed E-state index contributed by atoms with van der Waals surface area (Å²) in [6, 6.07) is 10.7. The third kappa shape index (κ3) is 3.31. The van der Waals surface area contributed by atoms with Crippen molar-refractivity contribution in [3.8, 4) is 0 Å². The fourth-order valence-electron chi connectivity index (χ4n) is 1.45. The Balaban J connectivity index is 2.16. The minimum Gasteiger partial charge on any atom is -0.254 e. The molecule has 0 fully saturated rings. The van der Waals surface area contributed by atoms with Gasteiger partial charge in [0.15, 0.2) is 0 Å². The molecule has 0 aliphatic heterocycles. The number of rotatable bonds is 3. The van der Waals surface area contributed by atoms with Crippen LogP contribution in [0.3, 0.4) is 0 Å². The van der Waals surface area contributed by atoms with E-state index in [9.17, 15) is 8.60 Å². The Morgan fingerprint density at radius 2 is 1.67 bits per heavy atom. The molecular weight excluding hydrogens is 294 g/mol. The largest absolute Gasteiger partial charge is 0.254 e. The van der Waals surface area contributed by atoms with Crippen LogP contribution in [0.25, 0.3) is 0 Å². The van der Waals surface area contributed by atoms with Crippen molar-refractivity contribution in [2.45, 2.75) is 10.6 Å². The van der Waals surface area contributed by atoms with Gasteiger partial charge in [0.1, 0.15) is 5.82 Å². The Morgan fingerprint density at radius 1 is 1.00 bits per heavy atom. The van der Waals surface area contributed by atoms with Crippen molar-refractivity contribution in [2.75, 3.05) is 0 Å². The molecule has 0 spiro atoms. The lowest BCUT2D eigenvalue weighted by Gasteiger charge is -2.04. The third-order valence-electron chi connectivity index (χ3n) is 2.36. The summed E-state index contributed by atoms with van der Waals surface area (Å²) in [6.45, 7) is 0. The van der Waals surface area contributed by atoms with Gasteiger partial charge in [0, 0.05) is 4.90 Å². The van der Waals surface area contributed by atoms with E-state index in [1.807, 2.05) is 0 Å². The van der Waals surface area contributed by atoms with Crippen molar-refractivity contribution < 1.29 is 8.60 Å². The van der Waals surface area contributed by atoms with Crippen LogP contribution < -0.4 is 0 Å². The maximum Gasteiger partial charge on any atom is 0.123 e. The second-order valence-corrected chi connectivity index (χ2v) is 5.96. The molecule has 0 saturated carbocycles. The molecule has 2 aromatic carbocycles. The molecule has 1 atom stereocenters. The molecule has 0 aromatic heterocycles. The highest BCUT2D eigenvalue weighted by molar-refractivity contribution is 7.84. The summed E-state index contributed by atoms with van der Waals surface area (Å²) in [6.07, 6.45) is 0. The summed E-state index contributed by atoms with van der Waals surface area (Å²) in [4.78, 5) is 0.586. The first kappa shape index (κ1) is 13.5. The number of benzene rings is 2. The predicted molar refractivity (Wildman–Crippen MR) is 73.0 cm³/mol. The fourth-order valence-corrected chi connectivity index (χ4v) is 2.86. The second-order valence-electron chi connectivity index (χ2n) is 3.69. The van der Waals surface area contributed by atoms with Gasteiger partial charge in [-0.2, -0.15) is 0 Å².